The van der Waals surface area contributed by atoms with Gasteiger partial charge in [0.15, 0.2) is 0 Å². The predicted molar refractivity (Wildman–Crippen MR) is 206 cm³/mol. The lowest BCUT2D eigenvalue weighted by molar-refractivity contribution is 1.56. The van der Waals surface area contributed by atoms with Crippen LogP contribution in [0.25, 0.3) is 109 Å². The molecule has 9 aromatic carbocycles. The molecule has 0 unspecified atom stereocenters. The predicted octanol–water partition coefficient (Wildman–Crippen LogP) is 12.9. The van der Waals surface area contributed by atoms with E-state index in [0.717, 1.165) is 0 Å². The topological polar surface area (TPSA) is 31.6 Å². The van der Waals surface area contributed by atoms with E-state index in [9.17, 15) is 0 Å². The van der Waals surface area contributed by atoms with Crippen LogP contribution in [0.2, 0.25) is 0 Å². The summed E-state index contributed by atoms with van der Waals surface area (Å²) in [7, 11) is 0. The first-order valence-corrected chi connectivity index (χ1v) is 16.6. The lowest BCUT2D eigenvalue weighted by Gasteiger charge is -2.14. The van der Waals surface area contributed by atoms with Gasteiger partial charge in [-0.2, -0.15) is 0 Å². The molecule has 0 fully saturated rings. The molecule has 0 atom stereocenters. The number of fused-ring (bicyclic) bond motifs is 16. The standard InChI is InChI=1S/C46H28N2/c1-3-13-35-31(11-1)33-19-9-17-29(41(33)43-37-15-5-7-21-39(37)47-45(35)43)27-23-25-28(26-24-27)30-18-10-20-34-32-12-2-4-14-36(32)46-44(42(30)34)38-16-6-8-22-40(38)48-46/h1-26,47-48H. The Labute approximate surface area is 275 Å². The Bertz CT molecular complexity index is 2890. The lowest BCUT2D eigenvalue weighted by atomic mass is 9.89. The largest absolute Gasteiger partial charge is 0.354 e. The summed E-state index contributed by atoms with van der Waals surface area (Å²) in [5.41, 5.74) is 9.68. The summed E-state index contributed by atoms with van der Waals surface area (Å²) >= 11 is 0. The fourth-order valence-corrected chi connectivity index (χ4v) is 8.48. The molecule has 0 radical (unpaired) electrons. The van der Waals surface area contributed by atoms with E-state index in [1.165, 1.54) is 109 Å². The molecule has 0 spiro atoms. The molecule has 48 heavy (non-hydrogen) atoms. The fourth-order valence-electron chi connectivity index (χ4n) is 8.48. The first-order chi connectivity index (χ1) is 23.8. The number of aromatic amines is 2. The Balaban J connectivity index is 1.18. The normalized spacial score (nSPS) is 12.2. The van der Waals surface area contributed by atoms with Crippen LogP contribution in [0.15, 0.2) is 158 Å². The van der Waals surface area contributed by atoms with Crippen molar-refractivity contribution in [2.75, 3.05) is 0 Å². The highest BCUT2D eigenvalue weighted by molar-refractivity contribution is 6.35. The van der Waals surface area contributed by atoms with Crippen LogP contribution in [0.1, 0.15) is 0 Å². The molecule has 0 aliphatic rings. The van der Waals surface area contributed by atoms with Gasteiger partial charge in [0.1, 0.15) is 0 Å². The number of nitrogens with one attached hydrogen (secondary N) is 2. The van der Waals surface area contributed by atoms with E-state index >= 15 is 0 Å². The molecular weight excluding hydrogens is 581 g/mol. The number of H-pyrrole nitrogens is 2. The number of hydrogen-bond donors (Lipinski definition) is 2. The fraction of sp³-hybridized carbons (Fsp3) is 0. The molecule has 2 aromatic heterocycles. The average Bonchev–Trinajstić information content (AvgIpc) is 3.75. The van der Waals surface area contributed by atoms with E-state index in [1.807, 2.05) is 0 Å². The van der Waals surface area contributed by atoms with Crippen molar-refractivity contribution in [1.82, 2.24) is 9.97 Å². The minimum Gasteiger partial charge on any atom is -0.354 e. The van der Waals surface area contributed by atoms with Crippen LogP contribution >= 0.6 is 0 Å². The molecule has 11 rings (SSSR count). The maximum Gasteiger partial charge on any atom is 0.0551 e. The van der Waals surface area contributed by atoms with Gasteiger partial charge in [0, 0.05) is 54.1 Å². The van der Waals surface area contributed by atoms with E-state index in [2.05, 4.69) is 168 Å². The Morgan fingerprint density at radius 2 is 0.604 bits per heavy atom. The van der Waals surface area contributed by atoms with Gasteiger partial charge >= 0.3 is 0 Å². The zero-order valence-corrected chi connectivity index (χ0v) is 26.0. The van der Waals surface area contributed by atoms with Crippen LogP contribution < -0.4 is 0 Å². The monoisotopic (exact) mass is 608 g/mol. The van der Waals surface area contributed by atoms with Crippen LogP contribution in [-0.2, 0) is 0 Å². The summed E-state index contributed by atoms with van der Waals surface area (Å²) in [5.74, 6) is 0. The lowest BCUT2D eigenvalue weighted by Crippen LogP contribution is -1.88. The average molecular weight is 609 g/mol. The van der Waals surface area contributed by atoms with Gasteiger partial charge in [-0.3, -0.25) is 0 Å². The van der Waals surface area contributed by atoms with Gasteiger partial charge in [-0.05, 0) is 55.9 Å². The first-order valence-electron chi connectivity index (χ1n) is 16.6. The molecule has 0 saturated carbocycles. The van der Waals surface area contributed by atoms with Crippen molar-refractivity contribution in [2.24, 2.45) is 0 Å². The molecule has 11 aromatic rings. The minimum atomic E-state index is 1.17. The third kappa shape index (κ3) is 3.41. The van der Waals surface area contributed by atoms with E-state index < -0.39 is 0 Å². The van der Waals surface area contributed by atoms with Crippen molar-refractivity contribution in [3.8, 4) is 22.3 Å². The van der Waals surface area contributed by atoms with E-state index in [-0.39, 0.29) is 0 Å². The SMILES string of the molecule is c1ccc2c(c1)[nH]c1c3ccccc3c3cccc(-c4ccc(-c5cccc6c7ccccc7c7[nH]c8ccccc8c7c56)cc4)c3c21. The molecule has 2 heteroatoms. The van der Waals surface area contributed by atoms with E-state index in [0.29, 0.717) is 0 Å². The number of aromatic nitrogens is 2. The van der Waals surface area contributed by atoms with Crippen LogP contribution in [0.5, 0.6) is 0 Å². The molecule has 0 aliphatic heterocycles. The molecule has 0 amide bonds. The van der Waals surface area contributed by atoms with Crippen molar-refractivity contribution in [3.05, 3.63) is 158 Å². The molecule has 2 N–H and O–H groups in total. The summed E-state index contributed by atoms with van der Waals surface area (Å²) in [6, 6.07) is 57.8. The van der Waals surface area contributed by atoms with E-state index in [1.54, 1.807) is 0 Å². The van der Waals surface area contributed by atoms with Gasteiger partial charge in [-0.25, -0.2) is 0 Å². The highest BCUT2D eigenvalue weighted by Crippen LogP contribution is 2.45. The summed E-state index contributed by atoms with van der Waals surface area (Å²) < 4.78 is 0. The van der Waals surface area contributed by atoms with Gasteiger partial charge in [-0.1, -0.05) is 146 Å². The van der Waals surface area contributed by atoms with Crippen molar-refractivity contribution in [2.45, 2.75) is 0 Å². The highest BCUT2D eigenvalue weighted by Gasteiger charge is 2.19. The van der Waals surface area contributed by atoms with Gasteiger partial charge in [0.2, 0.25) is 0 Å². The Kier molecular flexibility index (Phi) is 5.14. The third-order valence-corrected chi connectivity index (χ3v) is 10.5. The van der Waals surface area contributed by atoms with Gasteiger partial charge in [-0.15, -0.1) is 0 Å². The zero-order chi connectivity index (χ0) is 31.3. The summed E-state index contributed by atoms with van der Waals surface area (Å²) in [6.45, 7) is 0. The second-order valence-corrected chi connectivity index (χ2v) is 13.0. The van der Waals surface area contributed by atoms with Crippen LogP contribution in [0.4, 0.5) is 0 Å². The second kappa shape index (κ2) is 9.57. The van der Waals surface area contributed by atoms with Crippen LogP contribution in [-0.4, -0.2) is 9.97 Å². The summed E-state index contributed by atoms with van der Waals surface area (Å²) in [6.07, 6.45) is 0. The Morgan fingerprint density at radius 1 is 0.250 bits per heavy atom. The van der Waals surface area contributed by atoms with Gasteiger partial charge < -0.3 is 9.97 Å². The zero-order valence-electron chi connectivity index (χ0n) is 26.0. The molecular formula is C46H28N2. The Morgan fingerprint density at radius 3 is 1.04 bits per heavy atom. The van der Waals surface area contributed by atoms with Crippen LogP contribution in [0, 0.1) is 0 Å². The van der Waals surface area contributed by atoms with Gasteiger partial charge in [0.25, 0.3) is 0 Å². The minimum absolute atomic E-state index is 1.17. The van der Waals surface area contributed by atoms with Crippen molar-refractivity contribution >= 4 is 86.7 Å². The third-order valence-electron chi connectivity index (χ3n) is 10.5. The Hall–Kier alpha value is -6.38. The molecule has 2 nitrogen and oxygen atoms in total. The van der Waals surface area contributed by atoms with Crippen LogP contribution in [0.3, 0.4) is 0 Å². The quantitative estimate of drug-likeness (QED) is 0.183. The van der Waals surface area contributed by atoms with E-state index in [4.69, 9.17) is 0 Å². The summed E-state index contributed by atoms with van der Waals surface area (Å²) in [5, 5.41) is 15.3. The number of benzene rings is 9. The maximum atomic E-state index is 3.77. The first kappa shape index (κ1) is 25.8. The van der Waals surface area contributed by atoms with Crippen molar-refractivity contribution < 1.29 is 0 Å². The maximum absolute atomic E-state index is 3.77. The molecule has 0 saturated heterocycles. The number of para-hydroxylation sites is 2. The highest BCUT2D eigenvalue weighted by atomic mass is 14.7. The van der Waals surface area contributed by atoms with Crippen molar-refractivity contribution in [1.29, 1.82) is 0 Å². The molecule has 0 bridgehead atoms. The molecule has 2 heterocycles. The molecule has 0 aliphatic carbocycles. The number of rotatable bonds is 2. The van der Waals surface area contributed by atoms with Gasteiger partial charge in [0.05, 0.1) is 11.0 Å². The molecule has 222 valence electrons. The second-order valence-electron chi connectivity index (χ2n) is 13.0. The smallest absolute Gasteiger partial charge is 0.0551 e. The van der Waals surface area contributed by atoms with Crippen molar-refractivity contribution in [3.63, 3.8) is 0 Å². The number of hydrogen-bond acceptors (Lipinski definition) is 0. The summed E-state index contributed by atoms with van der Waals surface area (Å²) in [4.78, 5) is 7.55.